The molecule has 0 aromatic rings. The molecule has 30 heavy (non-hydrogen) atoms. The van der Waals surface area contributed by atoms with Crippen molar-refractivity contribution in [1.82, 2.24) is 4.90 Å². The summed E-state index contributed by atoms with van der Waals surface area (Å²) < 4.78 is 11.3. The van der Waals surface area contributed by atoms with Crippen molar-refractivity contribution in [2.45, 2.75) is 70.5 Å². The van der Waals surface area contributed by atoms with Gasteiger partial charge in [-0.25, -0.2) is 0 Å². The van der Waals surface area contributed by atoms with Crippen LogP contribution in [0.15, 0.2) is 23.8 Å². The van der Waals surface area contributed by atoms with Gasteiger partial charge in [-0.05, 0) is 50.9 Å². The third-order valence-corrected chi connectivity index (χ3v) is 7.16. The van der Waals surface area contributed by atoms with Crippen molar-refractivity contribution < 1.29 is 19.7 Å². The van der Waals surface area contributed by atoms with Crippen molar-refractivity contribution in [3.8, 4) is 0 Å². The topological polar surface area (TPSA) is 62.2 Å². The van der Waals surface area contributed by atoms with Gasteiger partial charge in [0.15, 0.2) is 0 Å². The summed E-state index contributed by atoms with van der Waals surface area (Å²) in [6, 6.07) is 0. The molecule has 5 heteroatoms. The number of aliphatic hydroxyl groups is 2. The van der Waals surface area contributed by atoms with Crippen LogP contribution in [-0.4, -0.2) is 72.9 Å². The fraction of sp³-hybridized carbons (Fsp3) is 0.840. The number of morpholine rings is 1. The molecule has 1 saturated heterocycles. The third kappa shape index (κ3) is 7.16. The van der Waals surface area contributed by atoms with Crippen LogP contribution in [-0.2, 0) is 9.47 Å². The predicted octanol–water partition coefficient (Wildman–Crippen LogP) is 3.56. The first-order valence-electron chi connectivity index (χ1n) is 12.1. The third-order valence-electron chi connectivity index (χ3n) is 7.16. The van der Waals surface area contributed by atoms with Gasteiger partial charge in [0.05, 0.1) is 38.1 Å². The minimum Gasteiger partial charge on any atom is -0.392 e. The number of ether oxygens (including phenoxy) is 2. The van der Waals surface area contributed by atoms with Crippen LogP contribution < -0.4 is 0 Å². The van der Waals surface area contributed by atoms with Crippen molar-refractivity contribution in [2.24, 2.45) is 17.8 Å². The van der Waals surface area contributed by atoms with E-state index in [9.17, 15) is 10.2 Å². The predicted molar refractivity (Wildman–Crippen MR) is 120 cm³/mol. The second kappa shape index (κ2) is 11.8. The van der Waals surface area contributed by atoms with Gasteiger partial charge in [0.25, 0.3) is 0 Å². The van der Waals surface area contributed by atoms with Gasteiger partial charge in [-0.3, -0.25) is 4.90 Å². The van der Waals surface area contributed by atoms with Gasteiger partial charge in [-0.15, -0.1) is 0 Å². The highest BCUT2D eigenvalue weighted by Gasteiger charge is 2.43. The molecule has 3 aliphatic rings. The summed E-state index contributed by atoms with van der Waals surface area (Å²) in [6.45, 7) is 10.4. The Kier molecular flexibility index (Phi) is 9.39. The first kappa shape index (κ1) is 23.9. The summed E-state index contributed by atoms with van der Waals surface area (Å²) in [6.07, 6.45) is 13.1. The number of unbranched alkanes of at least 4 members (excludes halogenated alkanes) is 1. The molecule has 5 nitrogen and oxygen atoms in total. The van der Waals surface area contributed by atoms with E-state index in [1.807, 2.05) is 6.92 Å². The van der Waals surface area contributed by atoms with E-state index in [2.05, 4.69) is 30.1 Å². The summed E-state index contributed by atoms with van der Waals surface area (Å²) in [7, 11) is 0. The molecule has 1 saturated carbocycles. The minimum absolute atomic E-state index is 0.216. The zero-order valence-electron chi connectivity index (χ0n) is 19.1. The first-order chi connectivity index (χ1) is 14.5. The summed E-state index contributed by atoms with van der Waals surface area (Å²) in [5.41, 5.74) is 0.865. The van der Waals surface area contributed by atoms with Crippen LogP contribution in [0.25, 0.3) is 0 Å². The number of allylic oxidation sites excluding steroid dienone is 1. The quantitative estimate of drug-likeness (QED) is 0.373. The van der Waals surface area contributed by atoms with Gasteiger partial charge in [0.1, 0.15) is 0 Å². The van der Waals surface area contributed by atoms with Gasteiger partial charge in [-0.1, -0.05) is 43.6 Å². The highest BCUT2D eigenvalue weighted by atomic mass is 16.5. The molecule has 0 aromatic heterocycles. The maximum Gasteiger partial charge on any atom is 0.0654 e. The van der Waals surface area contributed by atoms with E-state index in [0.29, 0.717) is 18.3 Å². The van der Waals surface area contributed by atoms with E-state index >= 15 is 0 Å². The van der Waals surface area contributed by atoms with Crippen LogP contribution in [0.1, 0.15) is 58.8 Å². The molecule has 0 bridgehead atoms. The molecule has 2 aliphatic carbocycles. The Hall–Kier alpha value is -0.720. The molecule has 0 radical (unpaired) electrons. The SMILES string of the molecule is CCCC[C@](C)(O)CC=C[C@@H]1[C@H]2CC(CCOCCN3CCOCC3)=C[C@H]2C[C@H]1O. The monoisotopic (exact) mass is 421 g/mol. The average molecular weight is 422 g/mol. The molecule has 1 heterocycles. The van der Waals surface area contributed by atoms with E-state index in [4.69, 9.17) is 9.47 Å². The van der Waals surface area contributed by atoms with Crippen LogP contribution in [0.5, 0.6) is 0 Å². The van der Waals surface area contributed by atoms with Crippen molar-refractivity contribution in [2.75, 3.05) is 46.1 Å². The summed E-state index contributed by atoms with van der Waals surface area (Å²) in [5.74, 6) is 1.23. The lowest BCUT2D eigenvalue weighted by Crippen LogP contribution is -2.38. The van der Waals surface area contributed by atoms with Gasteiger partial charge in [-0.2, -0.15) is 0 Å². The second-order valence-corrected chi connectivity index (χ2v) is 9.79. The Labute approximate surface area is 183 Å². The van der Waals surface area contributed by atoms with Crippen LogP contribution in [0.3, 0.4) is 0 Å². The number of hydrogen-bond donors (Lipinski definition) is 2. The maximum atomic E-state index is 10.5. The number of rotatable bonds is 12. The Balaban J connectivity index is 1.36. The number of fused-ring (bicyclic) bond motifs is 1. The lowest BCUT2D eigenvalue weighted by Gasteiger charge is -2.26. The standard InChI is InChI=1S/C25H43NO4/c1-3-4-8-25(2,28)9-5-6-22-23-18-20(17-21(23)19-24(22)27)7-13-29-14-10-26-11-15-30-16-12-26/h5-6,17,21-24,27-28H,3-4,7-16,18-19H2,1-2H3/t21-,22+,23-,24+,25-/m0/s1. The highest BCUT2D eigenvalue weighted by molar-refractivity contribution is 5.20. The van der Waals surface area contributed by atoms with Crippen LogP contribution in [0, 0.1) is 17.8 Å². The number of hydrogen-bond acceptors (Lipinski definition) is 5. The lowest BCUT2D eigenvalue weighted by molar-refractivity contribution is 0.0207. The van der Waals surface area contributed by atoms with Crippen LogP contribution >= 0.6 is 0 Å². The molecule has 172 valence electrons. The van der Waals surface area contributed by atoms with E-state index in [1.54, 1.807) is 0 Å². The molecular weight excluding hydrogens is 378 g/mol. The summed E-state index contributed by atoms with van der Waals surface area (Å²) in [4.78, 5) is 2.40. The first-order valence-corrected chi connectivity index (χ1v) is 12.1. The molecule has 2 N–H and O–H groups in total. The second-order valence-electron chi connectivity index (χ2n) is 9.79. The van der Waals surface area contributed by atoms with Crippen LogP contribution in [0.2, 0.25) is 0 Å². The van der Waals surface area contributed by atoms with Crippen molar-refractivity contribution in [1.29, 1.82) is 0 Å². The van der Waals surface area contributed by atoms with E-state index in [-0.39, 0.29) is 12.0 Å². The molecule has 0 unspecified atom stereocenters. The molecule has 3 rings (SSSR count). The molecule has 0 spiro atoms. The number of nitrogens with zero attached hydrogens (tertiary/aromatic N) is 1. The summed E-state index contributed by atoms with van der Waals surface area (Å²) >= 11 is 0. The van der Waals surface area contributed by atoms with Crippen molar-refractivity contribution >= 4 is 0 Å². The molecule has 2 fully saturated rings. The summed E-state index contributed by atoms with van der Waals surface area (Å²) in [5, 5.41) is 21.0. The molecule has 0 amide bonds. The van der Waals surface area contributed by atoms with Gasteiger partial charge >= 0.3 is 0 Å². The maximum absolute atomic E-state index is 10.5. The molecular formula is C25H43NO4. The average Bonchev–Trinajstić information content (AvgIpc) is 3.24. The number of aliphatic hydroxyl groups excluding tert-OH is 1. The Morgan fingerprint density at radius 1 is 1.30 bits per heavy atom. The van der Waals surface area contributed by atoms with Crippen molar-refractivity contribution in [3.05, 3.63) is 23.8 Å². The Morgan fingerprint density at radius 2 is 2.10 bits per heavy atom. The Morgan fingerprint density at radius 3 is 2.87 bits per heavy atom. The fourth-order valence-corrected chi connectivity index (χ4v) is 5.25. The zero-order chi connectivity index (χ0) is 21.4. The normalized spacial score (nSPS) is 31.8. The van der Waals surface area contributed by atoms with E-state index in [0.717, 1.165) is 84.6 Å². The zero-order valence-corrected chi connectivity index (χ0v) is 19.1. The van der Waals surface area contributed by atoms with E-state index < -0.39 is 5.60 Å². The molecule has 1 aliphatic heterocycles. The molecule has 0 aromatic carbocycles. The van der Waals surface area contributed by atoms with Gasteiger partial charge < -0.3 is 19.7 Å². The molecule has 5 atom stereocenters. The minimum atomic E-state index is -0.632. The van der Waals surface area contributed by atoms with Crippen molar-refractivity contribution in [3.63, 3.8) is 0 Å². The highest BCUT2D eigenvalue weighted by Crippen LogP contribution is 2.48. The Bertz CT molecular complexity index is 567. The van der Waals surface area contributed by atoms with Gasteiger partial charge in [0, 0.05) is 25.6 Å². The smallest absolute Gasteiger partial charge is 0.0654 e. The largest absolute Gasteiger partial charge is 0.392 e. The van der Waals surface area contributed by atoms with Gasteiger partial charge in [0.2, 0.25) is 0 Å². The lowest BCUT2D eigenvalue weighted by atomic mass is 9.88. The van der Waals surface area contributed by atoms with E-state index in [1.165, 1.54) is 5.57 Å². The van der Waals surface area contributed by atoms with Crippen LogP contribution in [0.4, 0.5) is 0 Å². The fourth-order valence-electron chi connectivity index (χ4n) is 5.25.